The van der Waals surface area contributed by atoms with Crippen molar-refractivity contribution in [1.29, 1.82) is 0 Å². The Labute approximate surface area is 88.4 Å². The van der Waals surface area contributed by atoms with Gasteiger partial charge in [-0.1, -0.05) is 40.0 Å². The van der Waals surface area contributed by atoms with Crippen LogP contribution in [0.4, 0.5) is 0 Å². The second-order valence-electron chi connectivity index (χ2n) is 5.24. The molecular formula is C12H25NO. The first-order valence-electron chi connectivity index (χ1n) is 5.95. The van der Waals surface area contributed by atoms with Crippen molar-refractivity contribution in [3.8, 4) is 0 Å². The number of nitrogens with one attached hydrogen (secondary N) is 1. The summed E-state index contributed by atoms with van der Waals surface area (Å²) < 4.78 is 5.14. The lowest BCUT2D eigenvalue weighted by Crippen LogP contribution is -2.48. The molecule has 2 heteroatoms. The van der Waals surface area contributed by atoms with E-state index in [1.165, 1.54) is 25.7 Å². The summed E-state index contributed by atoms with van der Waals surface area (Å²) in [6.07, 6.45) is 5.39. The van der Waals surface area contributed by atoms with Crippen LogP contribution in [-0.4, -0.2) is 25.8 Å². The summed E-state index contributed by atoms with van der Waals surface area (Å²) >= 11 is 0. The Hall–Kier alpha value is -0.0800. The van der Waals surface area contributed by atoms with E-state index in [1.807, 2.05) is 0 Å². The molecule has 0 spiro atoms. The molecule has 0 aromatic rings. The first-order chi connectivity index (χ1) is 6.64. The van der Waals surface area contributed by atoms with Crippen molar-refractivity contribution in [1.82, 2.24) is 5.32 Å². The van der Waals surface area contributed by atoms with Gasteiger partial charge in [-0.05, 0) is 11.8 Å². The Morgan fingerprint density at radius 3 is 2.50 bits per heavy atom. The van der Waals surface area contributed by atoms with Gasteiger partial charge in [-0.2, -0.15) is 0 Å². The zero-order valence-corrected chi connectivity index (χ0v) is 9.94. The molecule has 0 amide bonds. The van der Waals surface area contributed by atoms with Crippen molar-refractivity contribution < 1.29 is 4.74 Å². The highest BCUT2D eigenvalue weighted by molar-refractivity contribution is 4.78. The molecule has 2 nitrogen and oxygen atoms in total. The van der Waals surface area contributed by atoms with E-state index in [9.17, 15) is 0 Å². The Balaban J connectivity index is 2.05. The normalized spacial score (nSPS) is 18.2. The summed E-state index contributed by atoms with van der Waals surface area (Å²) in [5.41, 5.74) is 0.449. The van der Waals surface area contributed by atoms with Crippen LogP contribution >= 0.6 is 0 Å². The lowest BCUT2D eigenvalue weighted by molar-refractivity contribution is -0.00889. The topological polar surface area (TPSA) is 21.3 Å². The molecule has 1 aliphatic rings. The highest BCUT2D eigenvalue weighted by atomic mass is 16.5. The highest BCUT2D eigenvalue weighted by Crippen LogP contribution is 2.23. The second-order valence-corrected chi connectivity index (χ2v) is 5.24. The summed E-state index contributed by atoms with van der Waals surface area (Å²) in [5, 5.41) is 3.56. The molecule has 14 heavy (non-hydrogen) atoms. The minimum absolute atomic E-state index is 0.449. The van der Waals surface area contributed by atoms with Gasteiger partial charge in [-0.15, -0.1) is 0 Å². The smallest absolute Gasteiger partial charge is 0.0643 e. The van der Waals surface area contributed by atoms with E-state index in [1.54, 1.807) is 0 Å². The van der Waals surface area contributed by atoms with Crippen molar-refractivity contribution >= 4 is 0 Å². The summed E-state index contributed by atoms with van der Waals surface area (Å²) in [4.78, 5) is 0. The van der Waals surface area contributed by atoms with Gasteiger partial charge in [0.1, 0.15) is 0 Å². The van der Waals surface area contributed by atoms with Crippen molar-refractivity contribution in [3.63, 3.8) is 0 Å². The van der Waals surface area contributed by atoms with Gasteiger partial charge < -0.3 is 10.1 Å². The lowest BCUT2D eigenvalue weighted by Gasteiger charge is -2.32. The Kier molecular flexibility index (Phi) is 4.90. The SMILES string of the molecule is CCCCCC(C)(C)CNC1COC1. The molecule has 0 unspecified atom stereocenters. The zero-order valence-electron chi connectivity index (χ0n) is 9.94. The molecule has 1 rings (SSSR count). The van der Waals surface area contributed by atoms with Crippen LogP contribution in [0.2, 0.25) is 0 Å². The molecule has 1 heterocycles. The van der Waals surface area contributed by atoms with Crippen LogP contribution in [-0.2, 0) is 4.74 Å². The lowest BCUT2D eigenvalue weighted by atomic mass is 9.86. The molecule has 0 aromatic carbocycles. The second kappa shape index (κ2) is 5.72. The van der Waals surface area contributed by atoms with E-state index in [-0.39, 0.29) is 0 Å². The van der Waals surface area contributed by atoms with Gasteiger partial charge in [0.15, 0.2) is 0 Å². The third-order valence-corrected chi connectivity index (χ3v) is 2.96. The number of rotatable bonds is 7. The van der Waals surface area contributed by atoms with Crippen LogP contribution < -0.4 is 5.32 Å². The van der Waals surface area contributed by atoms with E-state index in [0.717, 1.165) is 19.8 Å². The van der Waals surface area contributed by atoms with Gasteiger partial charge >= 0.3 is 0 Å². The molecule has 0 bridgehead atoms. The van der Waals surface area contributed by atoms with Crippen molar-refractivity contribution in [3.05, 3.63) is 0 Å². The molecule has 0 saturated carbocycles. The third-order valence-electron chi connectivity index (χ3n) is 2.96. The highest BCUT2D eigenvalue weighted by Gasteiger charge is 2.22. The van der Waals surface area contributed by atoms with Crippen LogP contribution in [0, 0.1) is 5.41 Å². The van der Waals surface area contributed by atoms with Gasteiger partial charge in [0, 0.05) is 6.54 Å². The summed E-state index contributed by atoms with van der Waals surface area (Å²) in [6.45, 7) is 9.92. The molecule has 0 aliphatic carbocycles. The molecule has 1 saturated heterocycles. The molecule has 84 valence electrons. The molecule has 1 aliphatic heterocycles. The summed E-state index contributed by atoms with van der Waals surface area (Å²) in [7, 11) is 0. The molecule has 1 N–H and O–H groups in total. The van der Waals surface area contributed by atoms with Gasteiger partial charge in [-0.25, -0.2) is 0 Å². The minimum atomic E-state index is 0.449. The number of unbranched alkanes of at least 4 members (excludes halogenated alkanes) is 2. The van der Waals surface area contributed by atoms with E-state index in [4.69, 9.17) is 4.74 Å². The van der Waals surface area contributed by atoms with Gasteiger partial charge in [-0.3, -0.25) is 0 Å². The van der Waals surface area contributed by atoms with Gasteiger partial charge in [0.2, 0.25) is 0 Å². The minimum Gasteiger partial charge on any atom is -0.378 e. The summed E-state index contributed by atoms with van der Waals surface area (Å²) in [6, 6.07) is 0.625. The first kappa shape index (κ1) is 12.0. The fraction of sp³-hybridized carbons (Fsp3) is 1.00. The molecule has 0 atom stereocenters. The molecule has 0 aromatic heterocycles. The fourth-order valence-corrected chi connectivity index (χ4v) is 1.72. The maximum absolute atomic E-state index is 5.14. The van der Waals surface area contributed by atoms with Crippen LogP contribution in [0.15, 0.2) is 0 Å². The zero-order chi connectivity index (χ0) is 10.4. The van der Waals surface area contributed by atoms with Crippen LogP contribution in [0.5, 0.6) is 0 Å². The van der Waals surface area contributed by atoms with Gasteiger partial charge in [0.25, 0.3) is 0 Å². The van der Waals surface area contributed by atoms with Crippen molar-refractivity contribution in [2.45, 2.75) is 52.5 Å². The largest absolute Gasteiger partial charge is 0.378 e. The van der Waals surface area contributed by atoms with E-state index >= 15 is 0 Å². The average molecular weight is 199 g/mol. The number of hydrogen-bond acceptors (Lipinski definition) is 2. The average Bonchev–Trinajstić information content (AvgIpc) is 2.01. The van der Waals surface area contributed by atoms with E-state index in [2.05, 4.69) is 26.1 Å². The quantitative estimate of drug-likeness (QED) is 0.636. The molecular weight excluding hydrogens is 174 g/mol. The predicted molar refractivity (Wildman–Crippen MR) is 60.5 cm³/mol. The van der Waals surface area contributed by atoms with Crippen molar-refractivity contribution in [2.24, 2.45) is 5.41 Å². The van der Waals surface area contributed by atoms with Crippen LogP contribution in [0.1, 0.15) is 46.5 Å². The molecule has 1 fully saturated rings. The first-order valence-corrected chi connectivity index (χ1v) is 5.95. The van der Waals surface area contributed by atoms with Gasteiger partial charge in [0.05, 0.1) is 19.3 Å². The maximum atomic E-state index is 5.14. The van der Waals surface area contributed by atoms with Crippen LogP contribution in [0.3, 0.4) is 0 Å². The Morgan fingerprint density at radius 2 is 2.00 bits per heavy atom. The predicted octanol–water partition coefficient (Wildman–Crippen LogP) is 2.58. The van der Waals surface area contributed by atoms with E-state index in [0.29, 0.717) is 11.5 Å². The maximum Gasteiger partial charge on any atom is 0.0643 e. The van der Waals surface area contributed by atoms with Crippen LogP contribution in [0.25, 0.3) is 0 Å². The standard InChI is InChI=1S/C12H25NO/c1-4-5-6-7-12(2,3)10-13-11-8-14-9-11/h11,13H,4-10H2,1-3H3. The summed E-state index contributed by atoms with van der Waals surface area (Å²) in [5.74, 6) is 0. The Morgan fingerprint density at radius 1 is 1.29 bits per heavy atom. The number of ether oxygens (including phenoxy) is 1. The Bertz CT molecular complexity index is 152. The third kappa shape index (κ3) is 4.43. The monoisotopic (exact) mass is 199 g/mol. The fourth-order valence-electron chi connectivity index (χ4n) is 1.72. The van der Waals surface area contributed by atoms with Crippen molar-refractivity contribution in [2.75, 3.05) is 19.8 Å². The number of hydrogen-bond donors (Lipinski definition) is 1. The van der Waals surface area contributed by atoms with E-state index < -0.39 is 0 Å². The molecule has 0 radical (unpaired) electrons.